The molecule has 2 N–H and O–H groups in total. The van der Waals surface area contributed by atoms with Crippen LogP contribution in [0.25, 0.3) is 0 Å². The number of hydrogen-bond donors (Lipinski definition) is 1. The Kier molecular flexibility index (Phi) is 2.85. The van der Waals surface area contributed by atoms with Crippen molar-refractivity contribution in [1.29, 1.82) is 0 Å². The summed E-state index contributed by atoms with van der Waals surface area (Å²) in [5.41, 5.74) is 9.57. The highest BCUT2D eigenvalue weighted by atomic mass is 15.3. The summed E-state index contributed by atoms with van der Waals surface area (Å²) in [6.07, 6.45) is 2.09. The van der Waals surface area contributed by atoms with Crippen molar-refractivity contribution >= 4 is 11.8 Å². The Morgan fingerprint density at radius 2 is 1.79 bits per heavy atom. The molecule has 1 aromatic heterocycles. The fraction of sp³-hybridized carbons (Fsp3) is 0.333. The van der Waals surface area contributed by atoms with E-state index in [1.54, 1.807) is 6.07 Å². The lowest BCUT2D eigenvalue weighted by molar-refractivity contribution is 0.650. The molecular formula is C15H18N4. The van der Waals surface area contributed by atoms with Gasteiger partial charge in [0.15, 0.2) is 0 Å². The van der Waals surface area contributed by atoms with Gasteiger partial charge < -0.3 is 10.6 Å². The SMILES string of the molecule is Cc1cc(N)nc(N(C)C2Cc3ccccc3C2)n1. The summed E-state index contributed by atoms with van der Waals surface area (Å²) in [5, 5.41) is 0. The molecule has 2 aromatic rings. The lowest BCUT2D eigenvalue weighted by Gasteiger charge is -2.24. The summed E-state index contributed by atoms with van der Waals surface area (Å²) in [4.78, 5) is 11.0. The van der Waals surface area contributed by atoms with Gasteiger partial charge in [-0.2, -0.15) is 4.98 Å². The van der Waals surface area contributed by atoms with Crippen molar-refractivity contribution in [3.63, 3.8) is 0 Å². The zero-order chi connectivity index (χ0) is 13.4. The second-order valence-electron chi connectivity index (χ2n) is 5.18. The third kappa shape index (κ3) is 2.26. The van der Waals surface area contributed by atoms with Gasteiger partial charge in [-0.1, -0.05) is 24.3 Å². The molecule has 19 heavy (non-hydrogen) atoms. The fourth-order valence-electron chi connectivity index (χ4n) is 2.71. The Bertz CT molecular complexity index is 564. The van der Waals surface area contributed by atoms with Gasteiger partial charge in [-0.05, 0) is 30.9 Å². The normalized spacial score (nSPS) is 14.4. The van der Waals surface area contributed by atoms with Gasteiger partial charge in [0, 0.05) is 24.8 Å². The number of benzene rings is 1. The molecule has 0 fully saturated rings. The van der Waals surface area contributed by atoms with Gasteiger partial charge in [-0.25, -0.2) is 4.98 Å². The monoisotopic (exact) mass is 254 g/mol. The Morgan fingerprint density at radius 1 is 1.16 bits per heavy atom. The van der Waals surface area contributed by atoms with Crippen molar-refractivity contribution in [1.82, 2.24) is 9.97 Å². The van der Waals surface area contributed by atoms with Gasteiger partial charge in [0.2, 0.25) is 5.95 Å². The van der Waals surface area contributed by atoms with Crippen LogP contribution < -0.4 is 10.6 Å². The minimum atomic E-state index is 0.415. The molecule has 0 bridgehead atoms. The molecule has 1 heterocycles. The summed E-state index contributed by atoms with van der Waals surface area (Å²) >= 11 is 0. The summed E-state index contributed by atoms with van der Waals surface area (Å²) in [5.74, 6) is 1.25. The molecule has 0 amide bonds. The zero-order valence-electron chi connectivity index (χ0n) is 11.3. The lowest BCUT2D eigenvalue weighted by Crippen LogP contribution is -2.33. The molecule has 0 saturated heterocycles. The van der Waals surface area contributed by atoms with E-state index in [-0.39, 0.29) is 0 Å². The van der Waals surface area contributed by atoms with E-state index in [0.29, 0.717) is 11.9 Å². The highest BCUT2D eigenvalue weighted by molar-refractivity contribution is 5.43. The van der Waals surface area contributed by atoms with Crippen molar-refractivity contribution in [3.05, 3.63) is 47.2 Å². The third-order valence-electron chi connectivity index (χ3n) is 3.75. The molecule has 98 valence electrons. The zero-order valence-corrected chi connectivity index (χ0v) is 11.3. The maximum atomic E-state index is 5.80. The van der Waals surface area contributed by atoms with Gasteiger partial charge in [0.05, 0.1) is 0 Å². The molecular weight excluding hydrogens is 236 g/mol. The summed E-state index contributed by atoms with van der Waals surface area (Å²) in [7, 11) is 2.05. The van der Waals surface area contributed by atoms with Crippen LogP contribution in [0.1, 0.15) is 16.8 Å². The highest BCUT2D eigenvalue weighted by Gasteiger charge is 2.25. The molecule has 0 spiro atoms. The average molecular weight is 254 g/mol. The van der Waals surface area contributed by atoms with E-state index in [4.69, 9.17) is 5.73 Å². The molecule has 1 aromatic carbocycles. The van der Waals surface area contributed by atoms with Crippen molar-refractivity contribution < 1.29 is 0 Å². The maximum absolute atomic E-state index is 5.80. The van der Waals surface area contributed by atoms with E-state index in [9.17, 15) is 0 Å². The molecule has 0 atom stereocenters. The first kappa shape index (κ1) is 12.0. The molecule has 4 nitrogen and oxygen atoms in total. The van der Waals surface area contributed by atoms with Crippen molar-refractivity contribution in [2.45, 2.75) is 25.8 Å². The number of nitrogens with zero attached hydrogens (tertiary/aromatic N) is 3. The van der Waals surface area contributed by atoms with Crippen LogP contribution in [0.15, 0.2) is 30.3 Å². The van der Waals surface area contributed by atoms with Gasteiger partial charge in [-0.3, -0.25) is 0 Å². The average Bonchev–Trinajstić information content (AvgIpc) is 2.80. The van der Waals surface area contributed by atoms with E-state index in [2.05, 4.69) is 39.1 Å². The van der Waals surface area contributed by atoms with E-state index in [0.717, 1.165) is 24.5 Å². The van der Waals surface area contributed by atoms with Crippen LogP contribution in [-0.2, 0) is 12.8 Å². The minimum Gasteiger partial charge on any atom is -0.384 e. The van der Waals surface area contributed by atoms with Crippen LogP contribution >= 0.6 is 0 Å². The number of hydrogen-bond acceptors (Lipinski definition) is 4. The lowest BCUT2D eigenvalue weighted by atomic mass is 10.1. The van der Waals surface area contributed by atoms with E-state index < -0.39 is 0 Å². The molecule has 4 heteroatoms. The Balaban J connectivity index is 1.84. The van der Waals surface area contributed by atoms with Gasteiger partial charge in [0.1, 0.15) is 5.82 Å². The van der Waals surface area contributed by atoms with Crippen LogP contribution in [-0.4, -0.2) is 23.1 Å². The topological polar surface area (TPSA) is 55.0 Å². The second-order valence-corrected chi connectivity index (χ2v) is 5.18. The number of likely N-dealkylation sites (N-methyl/N-ethyl adjacent to an activating group) is 1. The predicted molar refractivity (Wildman–Crippen MR) is 77.2 cm³/mol. The molecule has 0 radical (unpaired) electrons. The molecule has 1 aliphatic rings. The number of nitrogens with two attached hydrogens (primary N) is 1. The third-order valence-corrected chi connectivity index (χ3v) is 3.75. The number of aryl methyl sites for hydroxylation is 1. The van der Waals surface area contributed by atoms with Crippen LogP contribution in [0.5, 0.6) is 0 Å². The highest BCUT2D eigenvalue weighted by Crippen LogP contribution is 2.26. The van der Waals surface area contributed by atoms with Crippen LogP contribution in [0.4, 0.5) is 11.8 Å². The Morgan fingerprint density at radius 3 is 2.37 bits per heavy atom. The van der Waals surface area contributed by atoms with E-state index in [1.165, 1.54) is 11.1 Å². The summed E-state index contributed by atoms with van der Waals surface area (Å²) in [6.45, 7) is 1.94. The Hall–Kier alpha value is -2.10. The van der Waals surface area contributed by atoms with Gasteiger partial charge in [-0.15, -0.1) is 0 Å². The maximum Gasteiger partial charge on any atom is 0.227 e. The first-order valence-electron chi connectivity index (χ1n) is 6.54. The number of fused-ring (bicyclic) bond motifs is 1. The van der Waals surface area contributed by atoms with E-state index in [1.807, 2.05) is 14.0 Å². The van der Waals surface area contributed by atoms with Gasteiger partial charge >= 0.3 is 0 Å². The second kappa shape index (κ2) is 4.53. The predicted octanol–water partition coefficient (Wildman–Crippen LogP) is 1.97. The fourth-order valence-corrected chi connectivity index (χ4v) is 2.71. The molecule has 0 aliphatic heterocycles. The standard InChI is InChI=1S/C15H18N4/c1-10-7-14(16)18-15(17-10)19(2)13-8-11-5-3-4-6-12(11)9-13/h3-7,13H,8-9H2,1-2H3,(H2,16,17,18). The Labute approximate surface area is 113 Å². The van der Waals surface area contributed by atoms with Crippen LogP contribution in [0.3, 0.4) is 0 Å². The number of anilines is 2. The number of aromatic nitrogens is 2. The molecule has 0 unspecified atom stereocenters. The first-order valence-corrected chi connectivity index (χ1v) is 6.54. The molecule has 0 saturated carbocycles. The minimum absolute atomic E-state index is 0.415. The first-order chi connectivity index (χ1) is 9.13. The summed E-state index contributed by atoms with van der Waals surface area (Å²) < 4.78 is 0. The smallest absolute Gasteiger partial charge is 0.227 e. The molecule has 3 rings (SSSR count). The summed E-state index contributed by atoms with van der Waals surface area (Å²) in [6, 6.07) is 10.8. The van der Waals surface area contributed by atoms with Crippen molar-refractivity contribution in [2.75, 3.05) is 17.7 Å². The largest absolute Gasteiger partial charge is 0.384 e. The van der Waals surface area contributed by atoms with Crippen molar-refractivity contribution in [2.24, 2.45) is 0 Å². The van der Waals surface area contributed by atoms with Crippen LogP contribution in [0.2, 0.25) is 0 Å². The molecule has 1 aliphatic carbocycles. The van der Waals surface area contributed by atoms with Crippen LogP contribution in [0, 0.1) is 6.92 Å². The number of rotatable bonds is 2. The van der Waals surface area contributed by atoms with E-state index >= 15 is 0 Å². The number of nitrogen functional groups attached to an aromatic ring is 1. The quantitative estimate of drug-likeness (QED) is 0.890. The van der Waals surface area contributed by atoms with Crippen molar-refractivity contribution in [3.8, 4) is 0 Å². The van der Waals surface area contributed by atoms with Gasteiger partial charge in [0.25, 0.3) is 0 Å².